The smallest absolute Gasteiger partial charge is 0.356 e. The van der Waals surface area contributed by atoms with E-state index in [1.54, 1.807) is 17.1 Å². The van der Waals surface area contributed by atoms with Gasteiger partial charge in [-0.3, -0.25) is 19.3 Å². The van der Waals surface area contributed by atoms with Gasteiger partial charge in [0.15, 0.2) is 11.4 Å². The molecule has 4 aromatic heterocycles. The molecule has 0 aliphatic heterocycles. The average Bonchev–Trinajstić information content (AvgIpc) is 3.94. The van der Waals surface area contributed by atoms with Crippen LogP contribution in [0.5, 0.6) is 0 Å². The summed E-state index contributed by atoms with van der Waals surface area (Å²) in [4.78, 5) is 24.0. The van der Waals surface area contributed by atoms with Crippen molar-refractivity contribution in [2.45, 2.75) is 103 Å². The fraction of sp³-hybridized carbons (Fsp3) is 0.422. The summed E-state index contributed by atoms with van der Waals surface area (Å²) >= 11 is 0. The number of fused-ring (bicyclic) bond motifs is 6. The molecule has 6 aromatic rings. The van der Waals surface area contributed by atoms with E-state index in [1.807, 2.05) is 58.2 Å². The van der Waals surface area contributed by atoms with Gasteiger partial charge in [-0.15, -0.1) is 0 Å². The van der Waals surface area contributed by atoms with Gasteiger partial charge in [0.25, 0.3) is 5.91 Å². The number of aromatic carboxylic acids is 1. The Kier molecular flexibility index (Phi) is 12.9. The second-order valence-electron chi connectivity index (χ2n) is 17.4. The Balaban J connectivity index is 0.000000142. The number of aromatic nitrogens is 8. The molecule has 1 amide bonds. The molecule has 15 heteroatoms. The Morgan fingerprint density at radius 1 is 0.867 bits per heavy atom. The third-order valence-electron chi connectivity index (χ3n) is 11.6. The van der Waals surface area contributed by atoms with Gasteiger partial charge in [-0.2, -0.15) is 20.4 Å². The zero-order valence-electron chi connectivity index (χ0n) is 34.1. The van der Waals surface area contributed by atoms with Crippen LogP contribution < -0.4 is 11.1 Å². The number of ether oxygens (including phenoxy) is 1. The monoisotopic (exact) mass is 830 g/mol. The number of carboxylic acid groups (broad SMARTS) is 1. The van der Waals surface area contributed by atoms with Crippen molar-refractivity contribution in [2.75, 3.05) is 17.7 Å². The summed E-state index contributed by atoms with van der Waals surface area (Å²) in [7, 11) is -1.09. The zero-order valence-corrected chi connectivity index (χ0v) is 35.1. The maximum Gasteiger partial charge on any atom is 0.356 e. The van der Waals surface area contributed by atoms with Gasteiger partial charge in [-0.1, -0.05) is 87.7 Å². The molecule has 10 rings (SSSR count). The number of rotatable bonds is 12. The minimum absolute atomic E-state index is 0. The van der Waals surface area contributed by atoms with Crippen molar-refractivity contribution in [3.63, 3.8) is 0 Å². The largest absolute Gasteiger partial charge is 0.476 e. The Labute approximate surface area is 352 Å². The first kappa shape index (κ1) is 42.3. The van der Waals surface area contributed by atoms with Crippen molar-refractivity contribution in [3.05, 3.63) is 130 Å². The van der Waals surface area contributed by atoms with Crippen molar-refractivity contribution in [3.8, 4) is 0 Å². The number of hydrogen-bond donors (Lipinski definition) is 4. The molecule has 60 heavy (non-hydrogen) atoms. The molecule has 2 aromatic carbocycles. The van der Waals surface area contributed by atoms with Crippen LogP contribution in [0.1, 0.15) is 99.6 Å². The number of anilines is 2. The summed E-state index contributed by atoms with van der Waals surface area (Å²) in [5, 5.41) is 32.4. The molecule has 0 radical (unpaired) electrons. The highest BCUT2D eigenvalue weighted by Gasteiger charge is 2.47. The van der Waals surface area contributed by atoms with E-state index in [2.05, 4.69) is 74.7 Å². The standard InChI is InChI=1S/C19H19N5O.C15H24N2O3Si.C10H11N3.CH4/c25-19(18-17-15-8-13(15)6-7-16(17)22-23-18)21-14-9-20-24(11-14)10-12-4-2-1-3-5-12;1-21(2,3)7-6-20-9-17-12-5-4-10-8-11(10)13(12)14(16-17)15(18)19;11-10-6-12-13(8-10)7-9-4-2-1-3-5-9;/h1-5,9,11,13,15H,6-8,10H2,(H,21,25)(H,22,23);10-11H,4-9H2,1-3H3,(H,18,19);1-6,8H,7,11H2;1H4. The quantitative estimate of drug-likeness (QED) is 0.0700. The van der Waals surface area contributed by atoms with Crippen LogP contribution in [0, 0.1) is 11.8 Å². The molecule has 316 valence electrons. The predicted molar refractivity (Wildman–Crippen MR) is 235 cm³/mol. The van der Waals surface area contributed by atoms with Crippen LogP contribution in [-0.4, -0.2) is 71.2 Å². The highest BCUT2D eigenvalue weighted by molar-refractivity contribution is 6.76. The lowest BCUT2D eigenvalue weighted by Gasteiger charge is -2.17. The second kappa shape index (κ2) is 18.2. The molecule has 4 unspecified atom stereocenters. The van der Waals surface area contributed by atoms with Gasteiger partial charge in [-0.05, 0) is 79.4 Å². The average molecular weight is 831 g/mol. The predicted octanol–water partition coefficient (Wildman–Crippen LogP) is 8.05. The molecule has 2 saturated carbocycles. The first-order valence-electron chi connectivity index (χ1n) is 20.7. The number of carboxylic acids is 1. The van der Waals surface area contributed by atoms with Gasteiger partial charge in [0.2, 0.25) is 0 Å². The number of aryl methyl sites for hydroxylation is 1. The number of hydrogen-bond acceptors (Lipinski definition) is 8. The van der Waals surface area contributed by atoms with Crippen molar-refractivity contribution in [1.82, 2.24) is 39.5 Å². The van der Waals surface area contributed by atoms with Crippen LogP contribution in [0.3, 0.4) is 0 Å². The number of carbonyl (C=O) groups is 2. The number of H-pyrrole nitrogens is 1. The molecule has 2 fully saturated rings. The number of aromatic amines is 1. The Morgan fingerprint density at radius 3 is 2.10 bits per heavy atom. The van der Waals surface area contributed by atoms with Gasteiger partial charge in [0.1, 0.15) is 6.73 Å². The number of nitrogens with zero attached hydrogens (tertiary/aromatic N) is 7. The number of nitrogens with two attached hydrogens (primary N) is 1. The van der Waals surface area contributed by atoms with Gasteiger partial charge >= 0.3 is 5.97 Å². The van der Waals surface area contributed by atoms with E-state index >= 15 is 0 Å². The summed E-state index contributed by atoms with van der Waals surface area (Å²) in [6.07, 6.45) is 13.7. The fourth-order valence-corrected chi connectivity index (χ4v) is 9.07. The highest BCUT2D eigenvalue weighted by atomic mass is 28.3. The van der Waals surface area contributed by atoms with Crippen LogP contribution in [0.15, 0.2) is 85.5 Å². The molecule has 4 aliphatic rings. The van der Waals surface area contributed by atoms with E-state index in [0.717, 1.165) is 73.3 Å². The first-order chi connectivity index (χ1) is 28.5. The van der Waals surface area contributed by atoms with Crippen molar-refractivity contribution >= 4 is 31.3 Å². The van der Waals surface area contributed by atoms with Gasteiger partial charge in [0.05, 0.1) is 36.9 Å². The summed E-state index contributed by atoms with van der Waals surface area (Å²) in [5.74, 6) is 1.37. The lowest BCUT2D eigenvalue weighted by molar-refractivity contribution is 0.0668. The molecule has 0 spiro atoms. The molecular formula is C45H58N10O4Si. The van der Waals surface area contributed by atoms with E-state index in [-0.39, 0.29) is 19.0 Å². The van der Waals surface area contributed by atoms with Crippen LogP contribution in [-0.2, 0) is 37.4 Å². The summed E-state index contributed by atoms with van der Waals surface area (Å²) < 4.78 is 11.2. The first-order valence-corrected chi connectivity index (χ1v) is 24.4. The van der Waals surface area contributed by atoms with E-state index in [4.69, 9.17) is 10.5 Å². The van der Waals surface area contributed by atoms with Crippen LogP contribution >= 0.6 is 0 Å². The number of nitrogen functional groups attached to an aromatic ring is 1. The molecular weight excluding hydrogens is 773 g/mol. The molecule has 4 atom stereocenters. The lowest BCUT2D eigenvalue weighted by atomic mass is 9.95. The van der Waals surface area contributed by atoms with Gasteiger partial charge in [-0.25, -0.2) is 9.48 Å². The zero-order chi connectivity index (χ0) is 41.1. The molecule has 4 aliphatic carbocycles. The molecule has 4 heterocycles. The molecule has 5 N–H and O–H groups in total. The molecule has 14 nitrogen and oxygen atoms in total. The van der Waals surface area contributed by atoms with Crippen molar-refractivity contribution in [2.24, 2.45) is 11.8 Å². The third-order valence-corrected chi connectivity index (χ3v) is 13.3. The Morgan fingerprint density at radius 2 is 1.48 bits per heavy atom. The minimum Gasteiger partial charge on any atom is -0.476 e. The van der Waals surface area contributed by atoms with Gasteiger partial charge < -0.3 is 20.9 Å². The number of amides is 1. The van der Waals surface area contributed by atoms with E-state index in [9.17, 15) is 14.7 Å². The van der Waals surface area contributed by atoms with Gasteiger partial charge in [0, 0.05) is 49.6 Å². The van der Waals surface area contributed by atoms with Crippen molar-refractivity contribution < 1.29 is 19.4 Å². The van der Waals surface area contributed by atoms with E-state index in [0.29, 0.717) is 48.1 Å². The normalized spacial score (nSPS) is 19.1. The maximum absolute atomic E-state index is 12.6. The summed E-state index contributed by atoms with van der Waals surface area (Å²) in [5.41, 5.74) is 14.5. The molecule has 0 bridgehead atoms. The number of benzene rings is 2. The van der Waals surface area contributed by atoms with Crippen LogP contribution in [0.25, 0.3) is 0 Å². The summed E-state index contributed by atoms with van der Waals surface area (Å²) in [6, 6.07) is 21.4. The van der Waals surface area contributed by atoms with Crippen LogP contribution in [0.2, 0.25) is 25.7 Å². The topological polar surface area (TPSA) is 184 Å². The van der Waals surface area contributed by atoms with E-state index < -0.39 is 14.0 Å². The molecule has 0 saturated heterocycles. The van der Waals surface area contributed by atoms with E-state index in [1.165, 1.54) is 24.0 Å². The SMILES string of the molecule is C.C[Si](C)(C)CCOCn1nc(C(=O)O)c2c1CCC1CC21.Nc1cnn(Cc2ccccc2)c1.O=C(Nc1cnn(Cc2ccccc2)c1)c1n[nH]c2c1C1CC1CC2. The maximum atomic E-state index is 12.6. The third kappa shape index (κ3) is 10.3. The Hall–Kier alpha value is -5.80. The van der Waals surface area contributed by atoms with Crippen molar-refractivity contribution in [1.29, 1.82) is 0 Å². The highest BCUT2D eigenvalue weighted by Crippen LogP contribution is 2.56. The Bertz CT molecular complexity index is 2380. The summed E-state index contributed by atoms with van der Waals surface area (Å²) in [6.45, 7) is 9.54. The number of nitrogens with one attached hydrogen (secondary N) is 2. The number of carbonyl (C=O) groups excluding carboxylic acids is 1. The van der Waals surface area contributed by atoms with Crippen LogP contribution in [0.4, 0.5) is 11.4 Å². The minimum atomic E-state index is -1.09. The fourth-order valence-electron chi connectivity index (χ4n) is 8.31. The second-order valence-corrected chi connectivity index (χ2v) is 23.1. The lowest BCUT2D eigenvalue weighted by Crippen LogP contribution is -2.22.